The maximum absolute atomic E-state index is 6.20. The Bertz CT molecular complexity index is 559. The minimum absolute atomic E-state index is 0.115. The van der Waals surface area contributed by atoms with Gasteiger partial charge in [-0.2, -0.15) is 11.3 Å². The molecule has 0 saturated carbocycles. The summed E-state index contributed by atoms with van der Waals surface area (Å²) in [5.74, 6) is 1.58. The van der Waals surface area contributed by atoms with E-state index < -0.39 is 0 Å². The van der Waals surface area contributed by atoms with Crippen molar-refractivity contribution < 1.29 is 0 Å². The van der Waals surface area contributed by atoms with Gasteiger partial charge in [0, 0.05) is 17.5 Å². The number of nitrogens with zero attached hydrogens (tertiary/aromatic N) is 2. The average molecular weight is 296 g/mol. The summed E-state index contributed by atoms with van der Waals surface area (Å²) in [6.07, 6.45) is 0. The van der Waals surface area contributed by atoms with Crippen LogP contribution in [0.5, 0.6) is 0 Å². The van der Waals surface area contributed by atoms with Gasteiger partial charge >= 0.3 is 0 Å². The quantitative estimate of drug-likeness (QED) is 0.852. The zero-order valence-corrected chi connectivity index (χ0v) is 13.2. The number of anilines is 1. The molecule has 0 aromatic carbocycles. The average Bonchev–Trinajstić information content (AvgIpc) is 2.82. The first kappa shape index (κ1) is 14.3. The molecule has 2 aromatic heterocycles. The van der Waals surface area contributed by atoms with Crippen molar-refractivity contribution in [1.29, 1.82) is 0 Å². The third-order valence-electron chi connectivity index (χ3n) is 2.80. The molecule has 0 amide bonds. The van der Waals surface area contributed by atoms with Crippen LogP contribution >= 0.6 is 22.9 Å². The molecule has 19 heavy (non-hydrogen) atoms. The minimum Gasteiger partial charge on any atom is -0.366 e. The molecule has 5 heteroatoms. The van der Waals surface area contributed by atoms with E-state index >= 15 is 0 Å². The Labute approximate surface area is 123 Å². The summed E-state index contributed by atoms with van der Waals surface area (Å²) in [6.45, 7) is 8.93. The molecule has 0 unspecified atom stereocenters. The van der Waals surface area contributed by atoms with Gasteiger partial charge in [-0.25, -0.2) is 9.97 Å². The lowest BCUT2D eigenvalue weighted by molar-refractivity contribution is 0.545. The van der Waals surface area contributed by atoms with E-state index in [-0.39, 0.29) is 5.41 Å². The van der Waals surface area contributed by atoms with E-state index in [9.17, 15) is 0 Å². The van der Waals surface area contributed by atoms with E-state index in [1.54, 1.807) is 11.3 Å². The molecule has 1 N–H and O–H groups in total. The summed E-state index contributed by atoms with van der Waals surface area (Å²) in [7, 11) is 0. The monoisotopic (exact) mass is 295 g/mol. The van der Waals surface area contributed by atoms with E-state index in [1.807, 2.05) is 6.92 Å². The molecule has 0 aliphatic carbocycles. The van der Waals surface area contributed by atoms with Crippen LogP contribution in [0.3, 0.4) is 0 Å². The zero-order valence-electron chi connectivity index (χ0n) is 11.6. The van der Waals surface area contributed by atoms with Crippen LogP contribution in [0.15, 0.2) is 16.8 Å². The van der Waals surface area contributed by atoms with Crippen molar-refractivity contribution in [2.45, 2.75) is 39.7 Å². The highest BCUT2D eigenvalue weighted by molar-refractivity contribution is 7.07. The highest BCUT2D eigenvalue weighted by Gasteiger charge is 2.20. The maximum Gasteiger partial charge on any atom is 0.137 e. The molecular formula is C14H18ClN3S. The van der Waals surface area contributed by atoms with Crippen molar-refractivity contribution in [1.82, 2.24) is 9.97 Å². The first-order valence-electron chi connectivity index (χ1n) is 6.17. The largest absolute Gasteiger partial charge is 0.366 e. The predicted octanol–water partition coefficient (Wildman–Crippen LogP) is 4.41. The van der Waals surface area contributed by atoms with Crippen LogP contribution in [0.25, 0.3) is 0 Å². The zero-order chi connectivity index (χ0) is 14.0. The van der Waals surface area contributed by atoms with Gasteiger partial charge in [0.15, 0.2) is 0 Å². The van der Waals surface area contributed by atoms with Crippen molar-refractivity contribution in [2.24, 2.45) is 0 Å². The predicted molar refractivity (Wildman–Crippen MR) is 82.1 cm³/mol. The summed E-state index contributed by atoms with van der Waals surface area (Å²) >= 11 is 7.89. The summed E-state index contributed by atoms with van der Waals surface area (Å²) < 4.78 is 0. The van der Waals surface area contributed by atoms with Crippen LogP contribution in [0, 0.1) is 6.92 Å². The van der Waals surface area contributed by atoms with E-state index in [0.717, 1.165) is 23.8 Å². The van der Waals surface area contributed by atoms with Crippen LogP contribution in [-0.2, 0) is 12.0 Å². The number of aromatic nitrogens is 2. The molecule has 0 aliphatic heterocycles. The van der Waals surface area contributed by atoms with Crippen LogP contribution in [0.4, 0.5) is 5.82 Å². The summed E-state index contributed by atoms with van der Waals surface area (Å²) in [6, 6.07) is 2.10. The molecule has 2 aromatic rings. The molecule has 3 nitrogen and oxygen atoms in total. The summed E-state index contributed by atoms with van der Waals surface area (Å²) in [4.78, 5) is 8.97. The molecule has 0 saturated heterocycles. The second kappa shape index (κ2) is 5.47. The Balaban J connectivity index is 2.26. The van der Waals surface area contributed by atoms with Crippen LogP contribution in [-0.4, -0.2) is 9.97 Å². The first-order valence-corrected chi connectivity index (χ1v) is 7.49. The van der Waals surface area contributed by atoms with Gasteiger partial charge in [0.1, 0.15) is 16.8 Å². The number of halogens is 1. The molecule has 0 spiro atoms. The van der Waals surface area contributed by atoms with E-state index in [1.165, 1.54) is 5.56 Å². The SMILES string of the molecule is Cc1c(Cl)nc(C(C)(C)C)nc1NCc1ccsc1. The standard InChI is InChI=1S/C14H18ClN3S/c1-9-11(15)17-13(14(2,3)4)18-12(9)16-7-10-5-6-19-8-10/h5-6,8H,7H2,1-4H3,(H,16,17,18). The van der Waals surface area contributed by atoms with Crippen LogP contribution in [0.2, 0.25) is 5.15 Å². The summed E-state index contributed by atoms with van der Waals surface area (Å²) in [5.41, 5.74) is 2.03. The highest BCUT2D eigenvalue weighted by atomic mass is 35.5. The van der Waals surface area contributed by atoms with Crippen LogP contribution < -0.4 is 5.32 Å². The fraction of sp³-hybridized carbons (Fsp3) is 0.429. The lowest BCUT2D eigenvalue weighted by Gasteiger charge is -2.19. The second-order valence-electron chi connectivity index (χ2n) is 5.55. The van der Waals surface area contributed by atoms with Crippen molar-refractivity contribution in [3.05, 3.63) is 38.9 Å². The van der Waals surface area contributed by atoms with E-state index in [0.29, 0.717) is 5.15 Å². The molecule has 0 atom stereocenters. The minimum atomic E-state index is -0.115. The Morgan fingerprint density at radius 1 is 1.32 bits per heavy atom. The van der Waals surface area contributed by atoms with Gasteiger partial charge in [-0.15, -0.1) is 0 Å². The number of thiophene rings is 1. The third kappa shape index (κ3) is 3.45. The Morgan fingerprint density at radius 3 is 2.63 bits per heavy atom. The normalized spacial score (nSPS) is 11.6. The Kier molecular flexibility index (Phi) is 4.11. The lowest BCUT2D eigenvalue weighted by atomic mass is 9.95. The molecule has 0 fully saturated rings. The fourth-order valence-electron chi connectivity index (χ4n) is 1.58. The molecule has 2 rings (SSSR count). The summed E-state index contributed by atoms with van der Waals surface area (Å²) in [5, 5.41) is 8.05. The molecular weight excluding hydrogens is 278 g/mol. The number of hydrogen-bond donors (Lipinski definition) is 1. The highest BCUT2D eigenvalue weighted by Crippen LogP contribution is 2.26. The van der Waals surface area contributed by atoms with Gasteiger partial charge < -0.3 is 5.32 Å². The molecule has 102 valence electrons. The van der Waals surface area contributed by atoms with Gasteiger partial charge in [-0.3, -0.25) is 0 Å². The molecule has 0 bridgehead atoms. The molecule has 0 aliphatic rings. The van der Waals surface area contributed by atoms with Gasteiger partial charge in [-0.1, -0.05) is 32.4 Å². The third-order valence-corrected chi connectivity index (χ3v) is 3.90. The number of rotatable bonds is 3. The smallest absolute Gasteiger partial charge is 0.137 e. The van der Waals surface area contributed by atoms with Crippen molar-refractivity contribution in [2.75, 3.05) is 5.32 Å². The Morgan fingerprint density at radius 2 is 2.05 bits per heavy atom. The van der Waals surface area contributed by atoms with Crippen LogP contribution in [0.1, 0.15) is 37.7 Å². The second-order valence-corrected chi connectivity index (χ2v) is 6.68. The Hall–Kier alpha value is -1.13. The molecule has 0 radical (unpaired) electrons. The van der Waals surface area contributed by atoms with Gasteiger partial charge in [0.05, 0.1) is 0 Å². The van der Waals surface area contributed by atoms with Crippen molar-refractivity contribution >= 4 is 28.8 Å². The topological polar surface area (TPSA) is 37.8 Å². The van der Waals surface area contributed by atoms with E-state index in [2.05, 4.69) is 52.9 Å². The van der Waals surface area contributed by atoms with Crippen molar-refractivity contribution in [3.8, 4) is 0 Å². The van der Waals surface area contributed by atoms with Crippen molar-refractivity contribution in [3.63, 3.8) is 0 Å². The number of nitrogens with one attached hydrogen (secondary N) is 1. The number of hydrogen-bond acceptors (Lipinski definition) is 4. The fourth-order valence-corrected chi connectivity index (χ4v) is 2.41. The maximum atomic E-state index is 6.20. The van der Waals surface area contributed by atoms with Gasteiger partial charge in [0.25, 0.3) is 0 Å². The lowest BCUT2D eigenvalue weighted by Crippen LogP contribution is -2.18. The van der Waals surface area contributed by atoms with E-state index in [4.69, 9.17) is 11.6 Å². The first-order chi connectivity index (χ1) is 8.88. The van der Waals surface area contributed by atoms with Gasteiger partial charge in [0.2, 0.25) is 0 Å². The van der Waals surface area contributed by atoms with Gasteiger partial charge in [-0.05, 0) is 29.3 Å². The molecule has 2 heterocycles.